The second kappa shape index (κ2) is 3.10. The summed E-state index contributed by atoms with van der Waals surface area (Å²) in [5.41, 5.74) is -1.29. The van der Waals surface area contributed by atoms with E-state index in [4.69, 9.17) is 9.47 Å². The number of cyclic esters (lactones) is 1. The molecular formula is C9H13NO5. The van der Waals surface area contributed by atoms with E-state index in [-0.39, 0.29) is 0 Å². The van der Waals surface area contributed by atoms with Crippen LogP contribution < -0.4 is 0 Å². The molecule has 1 amide bonds. The number of hydrogen-bond acceptors (Lipinski definition) is 5. The van der Waals surface area contributed by atoms with Crippen molar-refractivity contribution in [2.45, 2.75) is 38.2 Å². The van der Waals surface area contributed by atoms with Gasteiger partial charge in [0.05, 0.1) is 0 Å². The van der Waals surface area contributed by atoms with Crippen LogP contribution in [-0.4, -0.2) is 46.5 Å². The molecule has 0 radical (unpaired) electrons. The Kier molecular flexibility index (Phi) is 2.11. The molecule has 1 N–H and O–H groups in total. The number of ether oxygens (including phenoxy) is 2. The maximum Gasteiger partial charge on any atom is 0.413 e. The Balaban J connectivity index is 2.28. The summed E-state index contributed by atoms with van der Waals surface area (Å²) in [6, 6.07) is 0. The first-order chi connectivity index (χ1) is 6.92. The van der Waals surface area contributed by atoms with Crippen molar-refractivity contribution in [3.8, 4) is 0 Å². The minimum absolute atomic E-state index is 0.341. The van der Waals surface area contributed by atoms with E-state index < -0.39 is 30.0 Å². The number of rotatable bonds is 0. The lowest BCUT2D eigenvalue weighted by molar-refractivity contribution is -0.169. The molecule has 6 heteroatoms. The first-order valence-corrected chi connectivity index (χ1v) is 4.80. The summed E-state index contributed by atoms with van der Waals surface area (Å²) in [7, 11) is 0. The van der Waals surface area contributed by atoms with Crippen molar-refractivity contribution in [3.63, 3.8) is 0 Å². The monoisotopic (exact) mass is 215 g/mol. The predicted molar refractivity (Wildman–Crippen MR) is 47.8 cm³/mol. The maximum atomic E-state index is 11.6. The molecule has 2 aliphatic heterocycles. The largest absolute Gasteiger partial charge is 0.436 e. The van der Waals surface area contributed by atoms with Gasteiger partial charge in [0.2, 0.25) is 11.8 Å². The Bertz CT molecular complexity index is 314. The van der Waals surface area contributed by atoms with Crippen LogP contribution >= 0.6 is 0 Å². The predicted octanol–water partition coefficient (Wildman–Crippen LogP) is -0.149. The Hall–Kier alpha value is -1.30. The molecule has 0 aromatic heterocycles. The molecule has 6 nitrogen and oxygen atoms in total. The Morgan fingerprint density at radius 2 is 2.13 bits per heavy atom. The minimum atomic E-state index is -1.29. The van der Waals surface area contributed by atoms with Gasteiger partial charge in [-0.3, -0.25) is 4.90 Å². The van der Waals surface area contributed by atoms with Gasteiger partial charge in [-0.05, 0) is 20.3 Å². The second-order valence-electron chi connectivity index (χ2n) is 4.22. The number of hydrogen-bond donors (Lipinski definition) is 1. The third-order valence-corrected chi connectivity index (χ3v) is 2.60. The summed E-state index contributed by atoms with van der Waals surface area (Å²) in [6.07, 6.45) is -1.94. The zero-order valence-corrected chi connectivity index (χ0v) is 8.60. The zero-order chi connectivity index (χ0) is 11.2. The zero-order valence-electron chi connectivity index (χ0n) is 8.60. The molecule has 2 aliphatic rings. The SMILES string of the molecule is CC1(C)OC(=O)N2CCC(O)C2OC1=O. The van der Waals surface area contributed by atoms with E-state index >= 15 is 0 Å². The molecule has 0 bridgehead atoms. The van der Waals surface area contributed by atoms with Gasteiger partial charge in [-0.1, -0.05) is 0 Å². The summed E-state index contributed by atoms with van der Waals surface area (Å²) >= 11 is 0. The Morgan fingerprint density at radius 3 is 2.80 bits per heavy atom. The number of nitrogens with zero attached hydrogens (tertiary/aromatic N) is 1. The highest BCUT2D eigenvalue weighted by atomic mass is 16.6. The van der Waals surface area contributed by atoms with Gasteiger partial charge in [-0.15, -0.1) is 0 Å². The van der Waals surface area contributed by atoms with E-state index in [9.17, 15) is 14.7 Å². The van der Waals surface area contributed by atoms with Gasteiger partial charge in [0.1, 0.15) is 6.10 Å². The molecule has 2 fully saturated rings. The van der Waals surface area contributed by atoms with Crippen molar-refractivity contribution in [2.75, 3.05) is 6.54 Å². The number of aliphatic hydroxyl groups is 1. The van der Waals surface area contributed by atoms with Crippen LogP contribution in [0.5, 0.6) is 0 Å². The van der Waals surface area contributed by atoms with Crippen LogP contribution in [0.25, 0.3) is 0 Å². The quantitative estimate of drug-likeness (QED) is 0.569. The van der Waals surface area contributed by atoms with Crippen molar-refractivity contribution in [1.82, 2.24) is 4.90 Å². The van der Waals surface area contributed by atoms with Crippen LogP contribution in [0.15, 0.2) is 0 Å². The van der Waals surface area contributed by atoms with Crippen LogP contribution in [0, 0.1) is 0 Å². The molecule has 0 aromatic carbocycles. The van der Waals surface area contributed by atoms with Crippen molar-refractivity contribution in [3.05, 3.63) is 0 Å². The molecular weight excluding hydrogens is 202 g/mol. The van der Waals surface area contributed by atoms with E-state index in [2.05, 4.69) is 0 Å². The van der Waals surface area contributed by atoms with E-state index in [1.54, 1.807) is 0 Å². The number of amides is 1. The average molecular weight is 215 g/mol. The normalized spacial score (nSPS) is 34.2. The van der Waals surface area contributed by atoms with Crippen LogP contribution in [0.4, 0.5) is 4.79 Å². The molecule has 0 spiro atoms. The van der Waals surface area contributed by atoms with Gasteiger partial charge in [0.15, 0.2) is 0 Å². The third kappa shape index (κ3) is 1.54. The molecule has 2 rings (SSSR count). The number of carbonyl (C=O) groups excluding carboxylic acids is 2. The Morgan fingerprint density at radius 1 is 1.47 bits per heavy atom. The number of esters is 1. The fraction of sp³-hybridized carbons (Fsp3) is 0.778. The molecule has 2 atom stereocenters. The van der Waals surface area contributed by atoms with Gasteiger partial charge in [0, 0.05) is 6.54 Å². The van der Waals surface area contributed by atoms with Crippen molar-refractivity contribution < 1.29 is 24.2 Å². The van der Waals surface area contributed by atoms with Crippen molar-refractivity contribution in [2.24, 2.45) is 0 Å². The number of aliphatic hydroxyl groups excluding tert-OH is 1. The smallest absolute Gasteiger partial charge is 0.413 e. The molecule has 2 unspecified atom stereocenters. The topological polar surface area (TPSA) is 76.1 Å². The van der Waals surface area contributed by atoms with Gasteiger partial charge < -0.3 is 14.6 Å². The highest BCUT2D eigenvalue weighted by Gasteiger charge is 2.48. The summed E-state index contributed by atoms with van der Waals surface area (Å²) in [5.74, 6) is -0.635. The minimum Gasteiger partial charge on any atom is -0.436 e. The fourth-order valence-corrected chi connectivity index (χ4v) is 1.66. The number of carbonyl (C=O) groups is 2. The van der Waals surface area contributed by atoms with Gasteiger partial charge in [-0.25, -0.2) is 9.59 Å². The van der Waals surface area contributed by atoms with E-state index in [0.717, 1.165) is 0 Å². The van der Waals surface area contributed by atoms with E-state index in [1.165, 1.54) is 18.7 Å². The van der Waals surface area contributed by atoms with Gasteiger partial charge in [-0.2, -0.15) is 0 Å². The van der Waals surface area contributed by atoms with Crippen LogP contribution in [-0.2, 0) is 14.3 Å². The van der Waals surface area contributed by atoms with Crippen LogP contribution in [0.2, 0.25) is 0 Å². The summed E-state index contributed by atoms with van der Waals surface area (Å²) in [6.45, 7) is 3.26. The molecule has 2 heterocycles. The third-order valence-electron chi connectivity index (χ3n) is 2.60. The van der Waals surface area contributed by atoms with Crippen LogP contribution in [0.3, 0.4) is 0 Å². The maximum absolute atomic E-state index is 11.6. The van der Waals surface area contributed by atoms with Crippen LogP contribution in [0.1, 0.15) is 20.3 Å². The first kappa shape index (κ1) is 10.2. The van der Waals surface area contributed by atoms with E-state index in [1.807, 2.05) is 0 Å². The molecule has 84 valence electrons. The molecule has 15 heavy (non-hydrogen) atoms. The van der Waals surface area contributed by atoms with E-state index in [0.29, 0.717) is 13.0 Å². The van der Waals surface area contributed by atoms with Crippen molar-refractivity contribution in [1.29, 1.82) is 0 Å². The summed E-state index contributed by atoms with van der Waals surface area (Å²) in [4.78, 5) is 24.3. The lowest BCUT2D eigenvalue weighted by Crippen LogP contribution is -2.39. The highest BCUT2D eigenvalue weighted by Crippen LogP contribution is 2.27. The first-order valence-electron chi connectivity index (χ1n) is 4.80. The lowest BCUT2D eigenvalue weighted by Gasteiger charge is -2.20. The standard InChI is InChI=1S/C9H13NO5/c1-9(2)7(12)14-6-5(11)3-4-10(6)8(13)15-9/h5-6,11H,3-4H2,1-2H3. The molecule has 0 aromatic rings. The molecule has 2 saturated heterocycles. The summed E-state index contributed by atoms with van der Waals surface area (Å²) in [5, 5.41) is 9.53. The van der Waals surface area contributed by atoms with Gasteiger partial charge in [0.25, 0.3) is 0 Å². The molecule has 0 aliphatic carbocycles. The highest BCUT2D eigenvalue weighted by molar-refractivity contribution is 5.84. The number of fused-ring (bicyclic) bond motifs is 1. The fourth-order valence-electron chi connectivity index (χ4n) is 1.66. The Labute approximate surface area is 86.8 Å². The second-order valence-corrected chi connectivity index (χ2v) is 4.22. The lowest BCUT2D eigenvalue weighted by atomic mass is 10.1. The van der Waals surface area contributed by atoms with Gasteiger partial charge >= 0.3 is 12.1 Å². The van der Waals surface area contributed by atoms with Crippen molar-refractivity contribution >= 4 is 12.1 Å². The average Bonchev–Trinajstić information content (AvgIpc) is 2.43. The molecule has 0 saturated carbocycles. The summed E-state index contributed by atoms with van der Waals surface area (Å²) < 4.78 is 10.00.